The minimum Gasteiger partial charge on any atom is -0.444 e. The Kier molecular flexibility index (Phi) is 4.08. The van der Waals surface area contributed by atoms with E-state index in [0.29, 0.717) is 24.5 Å². The molecule has 1 aromatic carbocycles. The number of aromatic nitrogens is 1. The Morgan fingerprint density at radius 1 is 1.29 bits per heavy atom. The van der Waals surface area contributed by atoms with Crippen molar-refractivity contribution >= 4 is 5.91 Å². The topological polar surface area (TPSA) is 75.8 Å². The van der Waals surface area contributed by atoms with E-state index < -0.39 is 0 Å². The largest absolute Gasteiger partial charge is 0.444 e. The van der Waals surface area contributed by atoms with E-state index in [1.165, 1.54) is 6.39 Å². The van der Waals surface area contributed by atoms with Gasteiger partial charge in [0.1, 0.15) is 0 Å². The van der Waals surface area contributed by atoms with Crippen LogP contribution in [-0.4, -0.2) is 52.8 Å². The summed E-state index contributed by atoms with van der Waals surface area (Å²) in [5, 5.41) is 9.40. The summed E-state index contributed by atoms with van der Waals surface area (Å²) in [6, 6.07) is 7.46. The third-order valence-electron chi connectivity index (χ3n) is 5.00. The molecule has 1 amide bonds. The maximum absolute atomic E-state index is 12.9. The molecule has 0 bridgehead atoms. The zero-order valence-electron chi connectivity index (χ0n) is 13.3. The molecule has 1 aliphatic heterocycles. The minimum absolute atomic E-state index is 0.0241. The molecule has 2 fully saturated rings. The van der Waals surface area contributed by atoms with Crippen LogP contribution >= 0.6 is 0 Å². The van der Waals surface area contributed by atoms with Crippen LogP contribution < -0.4 is 0 Å². The predicted octanol–water partition coefficient (Wildman–Crippen LogP) is 1.95. The van der Waals surface area contributed by atoms with E-state index in [-0.39, 0.29) is 30.6 Å². The molecule has 6 nitrogen and oxygen atoms in total. The third kappa shape index (κ3) is 2.72. The lowest BCUT2D eigenvalue weighted by molar-refractivity contribution is -0.0448. The number of amides is 1. The molecular weight excluding hydrogens is 308 g/mol. The molecule has 126 valence electrons. The quantitative estimate of drug-likeness (QED) is 0.932. The molecule has 2 aromatic rings. The molecule has 2 aliphatic rings. The van der Waals surface area contributed by atoms with Crippen LogP contribution in [-0.2, 0) is 4.74 Å². The first kappa shape index (κ1) is 15.4. The van der Waals surface area contributed by atoms with Crippen LogP contribution in [0.4, 0.5) is 0 Å². The highest BCUT2D eigenvalue weighted by atomic mass is 16.5. The number of benzene rings is 1. The van der Waals surface area contributed by atoms with Gasteiger partial charge in [0.25, 0.3) is 5.91 Å². The minimum atomic E-state index is 0.0241. The van der Waals surface area contributed by atoms with Gasteiger partial charge >= 0.3 is 0 Å². The number of hydrogen-bond donors (Lipinski definition) is 1. The molecule has 0 unspecified atom stereocenters. The number of carbonyl (C=O) groups excluding carboxylic acids is 1. The van der Waals surface area contributed by atoms with Crippen molar-refractivity contribution < 1.29 is 19.1 Å². The summed E-state index contributed by atoms with van der Waals surface area (Å²) >= 11 is 0. The highest BCUT2D eigenvalue weighted by molar-refractivity contribution is 5.95. The van der Waals surface area contributed by atoms with E-state index in [1.54, 1.807) is 6.20 Å². The van der Waals surface area contributed by atoms with Gasteiger partial charge in [-0.1, -0.05) is 12.1 Å². The van der Waals surface area contributed by atoms with E-state index in [4.69, 9.17) is 9.15 Å². The summed E-state index contributed by atoms with van der Waals surface area (Å²) in [6.45, 7) is 1.31. The molecule has 4 rings (SSSR count). The number of carbonyl (C=O) groups is 1. The Morgan fingerprint density at radius 3 is 2.83 bits per heavy atom. The number of aliphatic hydroxyl groups excluding tert-OH is 1. The van der Waals surface area contributed by atoms with Gasteiger partial charge in [-0.15, -0.1) is 0 Å². The highest BCUT2D eigenvalue weighted by Crippen LogP contribution is 2.34. The van der Waals surface area contributed by atoms with Crippen molar-refractivity contribution in [1.29, 1.82) is 0 Å². The first-order chi connectivity index (χ1) is 11.8. The van der Waals surface area contributed by atoms with Crippen molar-refractivity contribution in [1.82, 2.24) is 9.88 Å². The second-order valence-electron chi connectivity index (χ2n) is 6.44. The van der Waals surface area contributed by atoms with Gasteiger partial charge < -0.3 is 19.2 Å². The fourth-order valence-electron chi connectivity index (χ4n) is 3.75. The summed E-state index contributed by atoms with van der Waals surface area (Å²) < 4.78 is 11.1. The Labute approximate surface area is 140 Å². The maximum atomic E-state index is 12.9. The van der Waals surface area contributed by atoms with E-state index in [9.17, 15) is 9.90 Å². The van der Waals surface area contributed by atoms with Crippen LogP contribution in [0.15, 0.2) is 41.3 Å². The molecule has 0 radical (unpaired) electrons. The normalized spacial score (nSPS) is 26.4. The van der Waals surface area contributed by atoms with Crippen LogP contribution in [0.25, 0.3) is 11.3 Å². The van der Waals surface area contributed by atoms with Crippen molar-refractivity contribution in [2.75, 3.05) is 19.8 Å². The van der Waals surface area contributed by atoms with Crippen molar-refractivity contribution in [3.05, 3.63) is 42.4 Å². The first-order valence-corrected chi connectivity index (χ1v) is 8.28. The third-order valence-corrected chi connectivity index (χ3v) is 5.00. The molecule has 1 saturated heterocycles. The molecule has 0 spiro atoms. The Morgan fingerprint density at radius 2 is 2.12 bits per heavy atom. The monoisotopic (exact) mass is 328 g/mol. The number of fused-ring (bicyclic) bond motifs is 1. The van der Waals surface area contributed by atoms with Crippen LogP contribution in [0.2, 0.25) is 0 Å². The molecule has 1 aromatic heterocycles. The van der Waals surface area contributed by atoms with E-state index in [0.717, 1.165) is 18.4 Å². The number of morpholine rings is 1. The number of ether oxygens (including phenoxy) is 1. The summed E-state index contributed by atoms with van der Waals surface area (Å²) in [5.41, 5.74) is 1.55. The van der Waals surface area contributed by atoms with Gasteiger partial charge in [0.2, 0.25) is 0 Å². The number of oxazole rings is 1. The fourth-order valence-corrected chi connectivity index (χ4v) is 3.75. The second kappa shape index (κ2) is 6.37. The van der Waals surface area contributed by atoms with Crippen molar-refractivity contribution in [3.8, 4) is 11.3 Å². The molecule has 1 aliphatic carbocycles. The molecule has 3 atom stereocenters. The zero-order valence-corrected chi connectivity index (χ0v) is 13.3. The summed E-state index contributed by atoms with van der Waals surface area (Å²) in [5.74, 6) is 0.931. The molecule has 1 N–H and O–H groups in total. The van der Waals surface area contributed by atoms with Crippen LogP contribution in [0, 0.1) is 5.92 Å². The Hall–Kier alpha value is -2.18. The predicted molar refractivity (Wildman–Crippen MR) is 86.3 cm³/mol. The number of rotatable bonds is 3. The van der Waals surface area contributed by atoms with Gasteiger partial charge in [0, 0.05) is 24.3 Å². The zero-order chi connectivity index (χ0) is 16.5. The Bertz CT molecular complexity index is 698. The van der Waals surface area contributed by atoms with Crippen LogP contribution in [0.1, 0.15) is 23.2 Å². The van der Waals surface area contributed by atoms with Crippen LogP contribution in [0.3, 0.4) is 0 Å². The average molecular weight is 328 g/mol. The molecule has 1 saturated carbocycles. The standard InChI is InChI=1S/C18H20N2O4/c21-10-12-7-15-16(8-12)23-6-5-20(15)18(22)14-3-1-13(2-4-14)17-9-19-11-24-17/h1-4,9,11-12,15-16,21H,5-8,10H2/t12-,15+,16+/m1/s1. The van der Waals surface area contributed by atoms with Gasteiger partial charge in [-0.25, -0.2) is 4.98 Å². The summed E-state index contributed by atoms with van der Waals surface area (Å²) in [4.78, 5) is 18.7. The number of hydrogen-bond acceptors (Lipinski definition) is 5. The fraction of sp³-hybridized carbons (Fsp3) is 0.444. The number of aliphatic hydroxyl groups is 1. The van der Waals surface area contributed by atoms with Gasteiger partial charge in [-0.05, 0) is 30.9 Å². The summed E-state index contributed by atoms with van der Waals surface area (Å²) in [7, 11) is 0. The lowest BCUT2D eigenvalue weighted by atomic mass is 10.1. The van der Waals surface area contributed by atoms with Gasteiger partial charge in [-0.2, -0.15) is 0 Å². The van der Waals surface area contributed by atoms with E-state index >= 15 is 0 Å². The van der Waals surface area contributed by atoms with Gasteiger partial charge in [-0.3, -0.25) is 4.79 Å². The second-order valence-corrected chi connectivity index (χ2v) is 6.44. The molecule has 6 heteroatoms. The summed E-state index contributed by atoms with van der Waals surface area (Å²) in [6.07, 6.45) is 4.73. The lowest BCUT2D eigenvalue weighted by Gasteiger charge is -2.37. The van der Waals surface area contributed by atoms with Gasteiger partial charge in [0.05, 0.1) is 24.9 Å². The van der Waals surface area contributed by atoms with Crippen molar-refractivity contribution in [3.63, 3.8) is 0 Å². The molecule has 24 heavy (non-hydrogen) atoms. The number of nitrogens with zero attached hydrogens (tertiary/aromatic N) is 2. The molecular formula is C18H20N2O4. The molecule has 2 heterocycles. The van der Waals surface area contributed by atoms with Crippen molar-refractivity contribution in [2.24, 2.45) is 5.92 Å². The van der Waals surface area contributed by atoms with E-state index in [2.05, 4.69) is 4.98 Å². The lowest BCUT2D eigenvalue weighted by Crippen LogP contribution is -2.51. The van der Waals surface area contributed by atoms with Crippen molar-refractivity contribution in [2.45, 2.75) is 25.0 Å². The SMILES string of the molecule is O=C(c1ccc(-c2cnco2)cc1)N1CCO[C@H]2C[C@H](CO)C[C@@H]21. The van der Waals surface area contributed by atoms with E-state index in [1.807, 2.05) is 29.2 Å². The highest BCUT2D eigenvalue weighted by Gasteiger charge is 2.42. The average Bonchev–Trinajstić information content (AvgIpc) is 3.30. The van der Waals surface area contributed by atoms with Crippen LogP contribution in [0.5, 0.6) is 0 Å². The van der Waals surface area contributed by atoms with Gasteiger partial charge in [0.15, 0.2) is 12.2 Å². The Balaban J connectivity index is 1.52. The first-order valence-electron chi connectivity index (χ1n) is 8.28. The smallest absolute Gasteiger partial charge is 0.254 e. The maximum Gasteiger partial charge on any atom is 0.254 e.